The summed E-state index contributed by atoms with van der Waals surface area (Å²) in [6, 6.07) is 6.41. The fourth-order valence-corrected chi connectivity index (χ4v) is 3.81. The summed E-state index contributed by atoms with van der Waals surface area (Å²) in [6.07, 6.45) is 3.11. The normalized spacial score (nSPS) is 15.6. The molecule has 1 aliphatic rings. The highest BCUT2D eigenvalue weighted by Crippen LogP contribution is 2.37. The Morgan fingerprint density at radius 3 is 2.88 bits per heavy atom. The van der Waals surface area contributed by atoms with Crippen LogP contribution in [0.25, 0.3) is 10.9 Å². The fraction of sp³-hybridized carbons (Fsp3) is 0.227. The summed E-state index contributed by atoms with van der Waals surface area (Å²) >= 11 is 11.8. The van der Waals surface area contributed by atoms with Crippen molar-refractivity contribution in [2.45, 2.75) is 12.5 Å². The second kappa shape index (κ2) is 9.18. The highest BCUT2D eigenvalue weighted by Gasteiger charge is 2.27. The molecule has 0 bridgehead atoms. The van der Waals surface area contributed by atoms with Crippen LogP contribution >= 0.6 is 23.2 Å². The maximum Gasteiger partial charge on any atom is 0.246 e. The van der Waals surface area contributed by atoms with Crippen molar-refractivity contribution >= 4 is 51.5 Å². The molecule has 7 nitrogen and oxygen atoms in total. The smallest absolute Gasteiger partial charge is 0.246 e. The molecule has 32 heavy (non-hydrogen) atoms. The Balaban J connectivity index is 1.67. The number of rotatable bonds is 6. The average molecular weight is 477 g/mol. The van der Waals surface area contributed by atoms with E-state index in [0.717, 1.165) is 0 Å². The van der Waals surface area contributed by atoms with Crippen molar-refractivity contribution in [3.8, 4) is 11.5 Å². The topological polar surface area (TPSA) is 76.6 Å². The zero-order valence-corrected chi connectivity index (χ0v) is 18.6. The molecule has 3 aromatic rings. The number of anilines is 2. The molecule has 1 aromatic heterocycles. The summed E-state index contributed by atoms with van der Waals surface area (Å²) in [7, 11) is 1.53. The van der Waals surface area contributed by atoms with E-state index in [1.165, 1.54) is 31.6 Å². The minimum Gasteiger partial charge on any atom is -0.493 e. The van der Waals surface area contributed by atoms with Gasteiger partial charge in [0.15, 0.2) is 17.3 Å². The maximum absolute atomic E-state index is 14.5. The number of amides is 1. The Bertz CT molecular complexity index is 1210. The number of carbonyl (C=O) groups excluding carboxylic acids is 1. The first-order valence-corrected chi connectivity index (χ1v) is 10.5. The van der Waals surface area contributed by atoms with E-state index in [2.05, 4.69) is 21.9 Å². The summed E-state index contributed by atoms with van der Waals surface area (Å²) in [5.41, 5.74) is 0.689. The summed E-state index contributed by atoms with van der Waals surface area (Å²) in [5, 5.41) is 3.46. The Labute approximate surface area is 193 Å². The molecule has 166 valence electrons. The first-order chi connectivity index (χ1) is 15.4. The van der Waals surface area contributed by atoms with E-state index in [-0.39, 0.29) is 27.7 Å². The Hall–Kier alpha value is -3.10. The number of aromatic nitrogens is 2. The van der Waals surface area contributed by atoms with Gasteiger partial charge in [0.2, 0.25) is 5.91 Å². The molecule has 2 aromatic carbocycles. The predicted octanol–water partition coefficient (Wildman–Crippen LogP) is 4.99. The number of nitrogens with one attached hydrogen (secondary N) is 1. The van der Waals surface area contributed by atoms with Gasteiger partial charge in [0.1, 0.15) is 18.2 Å². The first kappa shape index (κ1) is 22.1. The monoisotopic (exact) mass is 476 g/mol. The lowest BCUT2D eigenvalue weighted by Gasteiger charge is -2.18. The molecule has 1 fully saturated rings. The third-order valence-electron chi connectivity index (χ3n) is 5.13. The molecule has 1 N–H and O–H groups in total. The molecule has 2 heterocycles. The van der Waals surface area contributed by atoms with Crippen LogP contribution in [0.1, 0.15) is 6.42 Å². The van der Waals surface area contributed by atoms with Crippen LogP contribution in [-0.4, -0.2) is 47.1 Å². The van der Waals surface area contributed by atoms with Crippen LogP contribution in [0.2, 0.25) is 10.0 Å². The number of carbonyl (C=O) groups is 1. The van der Waals surface area contributed by atoms with Gasteiger partial charge in [-0.3, -0.25) is 4.79 Å². The molecule has 1 saturated heterocycles. The number of methoxy groups -OCH3 is 1. The lowest BCUT2D eigenvalue weighted by molar-refractivity contribution is -0.125. The minimum absolute atomic E-state index is 0.114. The van der Waals surface area contributed by atoms with Crippen LogP contribution in [0, 0.1) is 5.82 Å². The number of hydrogen-bond donors (Lipinski definition) is 1. The summed E-state index contributed by atoms with van der Waals surface area (Å²) < 4.78 is 26.2. The Morgan fingerprint density at radius 2 is 2.12 bits per heavy atom. The number of likely N-dealkylation sites (tertiary alicyclic amines) is 1. The van der Waals surface area contributed by atoms with E-state index in [1.807, 2.05) is 0 Å². The molecule has 0 spiro atoms. The number of halogens is 3. The van der Waals surface area contributed by atoms with E-state index in [4.69, 9.17) is 32.7 Å². The van der Waals surface area contributed by atoms with Crippen LogP contribution in [-0.2, 0) is 4.79 Å². The van der Waals surface area contributed by atoms with E-state index < -0.39 is 5.82 Å². The van der Waals surface area contributed by atoms with E-state index in [1.54, 1.807) is 17.0 Å². The van der Waals surface area contributed by atoms with E-state index in [0.29, 0.717) is 47.7 Å². The Kier molecular flexibility index (Phi) is 6.34. The molecular weight excluding hydrogens is 458 g/mol. The quantitative estimate of drug-likeness (QED) is 0.398. The van der Waals surface area contributed by atoms with Gasteiger partial charge in [0.25, 0.3) is 0 Å². The van der Waals surface area contributed by atoms with Crippen molar-refractivity contribution in [1.82, 2.24) is 14.9 Å². The SMILES string of the molecule is C=CC(=O)N1CCC(Oc2cc3c(Nc4ccc(Cl)c(Cl)c4F)ncnc3cc2OC)C1. The first-order valence-electron chi connectivity index (χ1n) is 9.72. The van der Waals surface area contributed by atoms with Gasteiger partial charge in [-0.05, 0) is 24.3 Å². The van der Waals surface area contributed by atoms with Crippen molar-refractivity contribution in [3.63, 3.8) is 0 Å². The minimum atomic E-state index is -0.686. The zero-order valence-electron chi connectivity index (χ0n) is 17.1. The number of fused-ring (bicyclic) bond motifs is 1. The maximum atomic E-state index is 14.5. The van der Waals surface area contributed by atoms with Crippen LogP contribution in [0.4, 0.5) is 15.9 Å². The second-order valence-corrected chi connectivity index (χ2v) is 7.89. The van der Waals surface area contributed by atoms with Gasteiger partial charge < -0.3 is 19.7 Å². The molecular formula is C22H19Cl2FN4O3. The van der Waals surface area contributed by atoms with E-state index >= 15 is 0 Å². The summed E-state index contributed by atoms with van der Waals surface area (Å²) in [4.78, 5) is 22.0. The summed E-state index contributed by atoms with van der Waals surface area (Å²) in [5.74, 6) is 0.482. The lowest BCUT2D eigenvalue weighted by atomic mass is 10.2. The number of ether oxygens (including phenoxy) is 2. The number of nitrogens with zero attached hydrogens (tertiary/aromatic N) is 3. The van der Waals surface area contributed by atoms with Gasteiger partial charge in [-0.2, -0.15) is 0 Å². The molecule has 0 radical (unpaired) electrons. The highest BCUT2D eigenvalue weighted by molar-refractivity contribution is 6.42. The van der Waals surface area contributed by atoms with Crippen molar-refractivity contribution in [2.75, 3.05) is 25.5 Å². The third kappa shape index (κ3) is 4.28. The molecule has 10 heteroatoms. The van der Waals surface area contributed by atoms with Crippen molar-refractivity contribution < 1.29 is 18.7 Å². The lowest BCUT2D eigenvalue weighted by Crippen LogP contribution is -2.29. The molecule has 1 amide bonds. The standard InChI is InChI=1S/C22H19Cl2FN4O3/c1-3-19(30)29-7-6-12(10-29)32-18-8-13-16(9-17(18)31-2)26-11-27-22(13)28-15-5-4-14(23)20(24)21(15)25/h3-5,8-9,11-12H,1,6-7,10H2,2H3,(H,26,27,28). The molecule has 1 atom stereocenters. The van der Waals surface area contributed by atoms with Gasteiger partial charge in [-0.25, -0.2) is 14.4 Å². The predicted molar refractivity (Wildman–Crippen MR) is 122 cm³/mol. The second-order valence-electron chi connectivity index (χ2n) is 7.11. The third-order valence-corrected chi connectivity index (χ3v) is 5.92. The highest BCUT2D eigenvalue weighted by atomic mass is 35.5. The zero-order chi connectivity index (χ0) is 22.8. The van der Waals surface area contributed by atoms with Gasteiger partial charge >= 0.3 is 0 Å². The van der Waals surface area contributed by atoms with Gasteiger partial charge in [-0.15, -0.1) is 0 Å². The van der Waals surface area contributed by atoms with Crippen LogP contribution in [0.3, 0.4) is 0 Å². The van der Waals surface area contributed by atoms with Crippen molar-refractivity contribution in [1.29, 1.82) is 0 Å². The summed E-state index contributed by atoms with van der Waals surface area (Å²) in [6.45, 7) is 4.54. The molecule has 0 saturated carbocycles. The van der Waals surface area contributed by atoms with E-state index in [9.17, 15) is 9.18 Å². The van der Waals surface area contributed by atoms with Crippen LogP contribution in [0.5, 0.6) is 11.5 Å². The van der Waals surface area contributed by atoms with Crippen molar-refractivity contribution in [2.24, 2.45) is 0 Å². The van der Waals surface area contributed by atoms with Crippen LogP contribution < -0.4 is 14.8 Å². The fourth-order valence-electron chi connectivity index (χ4n) is 3.50. The van der Waals surface area contributed by atoms with Gasteiger partial charge in [0.05, 0.1) is 34.9 Å². The van der Waals surface area contributed by atoms with Crippen LogP contribution in [0.15, 0.2) is 43.2 Å². The van der Waals surface area contributed by atoms with Gasteiger partial charge in [-0.1, -0.05) is 29.8 Å². The average Bonchev–Trinajstić information content (AvgIpc) is 3.27. The number of hydrogen-bond acceptors (Lipinski definition) is 6. The molecule has 0 aliphatic carbocycles. The largest absolute Gasteiger partial charge is 0.493 e. The molecule has 4 rings (SSSR count). The molecule has 1 aliphatic heterocycles. The molecule has 1 unspecified atom stereocenters. The Morgan fingerprint density at radius 1 is 1.31 bits per heavy atom. The van der Waals surface area contributed by atoms with Gasteiger partial charge in [0, 0.05) is 24.4 Å². The van der Waals surface area contributed by atoms with Crippen molar-refractivity contribution in [3.05, 3.63) is 59.1 Å². The number of benzene rings is 2.